The van der Waals surface area contributed by atoms with Crippen molar-refractivity contribution in [2.45, 2.75) is 45.6 Å². The fraction of sp³-hybridized carbons (Fsp3) is 0.684. The summed E-state index contributed by atoms with van der Waals surface area (Å²) in [5, 5.41) is 0. The fourth-order valence-electron chi connectivity index (χ4n) is 3.89. The zero-order valence-electron chi connectivity index (χ0n) is 15.7. The van der Waals surface area contributed by atoms with Gasteiger partial charge in [0.05, 0.1) is 5.41 Å². The number of piperazine rings is 1. The van der Waals surface area contributed by atoms with Gasteiger partial charge in [0.1, 0.15) is 11.9 Å². The van der Waals surface area contributed by atoms with Crippen molar-refractivity contribution in [1.29, 1.82) is 0 Å². The van der Waals surface area contributed by atoms with Gasteiger partial charge in [-0.25, -0.2) is 4.98 Å². The van der Waals surface area contributed by atoms with Crippen molar-refractivity contribution in [2.75, 3.05) is 37.6 Å². The van der Waals surface area contributed by atoms with Crippen LogP contribution in [-0.2, 0) is 9.53 Å². The molecule has 1 atom stereocenters. The Morgan fingerprint density at radius 1 is 1.15 bits per heavy atom. The van der Waals surface area contributed by atoms with Gasteiger partial charge < -0.3 is 9.64 Å². The third kappa shape index (κ3) is 5.02. The Balaban J connectivity index is 0.00000169. The minimum absolute atomic E-state index is 0. The van der Waals surface area contributed by atoms with Gasteiger partial charge in [-0.15, -0.1) is 24.8 Å². The van der Waals surface area contributed by atoms with Crippen molar-refractivity contribution in [3.05, 3.63) is 24.4 Å². The lowest BCUT2D eigenvalue weighted by Gasteiger charge is -2.35. The molecular formula is C19H31Cl2N3O2. The second-order valence-electron chi connectivity index (χ2n) is 7.02. The number of pyridine rings is 1. The smallest absolute Gasteiger partial charge is 0.312 e. The van der Waals surface area contributed by atoms with E-state index in [1.54, 1.807) is 0 Å². The van der Waals surface area contributed by atoms with Crippen LogP contribution >= 0.6 is 24.8 Å². The molecule has 148 valence electrons. The number of anilines is 1. The van der Waals surface area contributed by atoms with Crippen LogP contribution in [0, 0.1) is 5.41 Å². The summed E-state index contributed by atoms with van der Waals surface area (Å²) in [6.07, 6.45) is 5.59. The van der Waals surface area contributed by atoms with E-state index in [1.165, 1.54) is 0 Å². The number of esters is 1. The molecule has 1 unspecified atom stereocenters. The minimum atomic E-state index is -0.220. The third-order valence-electron chi connectivity index (χ3n) is 5.79. The normalized spacial score (nSPS) is 22.3. The van der Waals surface area contributed by atoms with E-state index >= 15 is 0 Å². The number of ether oxygens (including phenoxy) is 1. The predicted molar refractivity (Wildman–Crippen MR) is 110 cm³/mol. The Hall–Kier alpha value is -1.04. The van der Waals surface area contributed by atoms with E-state index < -0.39 is 0 Å². The van der Waals surface area contributed by atoms with Crippen molar-refractivity contribution in [2.24, 2.45) is 5.41 Å². The number of halogens is 2. The topological polar surface area (TPSA) is 45.7 Å². The summed E-state index contributed by atoms with van der Waals surface area (Å²) in [6.45, 7) is 9.32. The molecule has 2 aliphatic heterocycles. The Labute approximate surface area is 169 Å². The quantitative estimate of drug-likeness (QED) is 0.679. The molecule has 2 saturated heterocycles. The van der Waals surface area contributed by atoms with Crippen LogP contribution in [0.2, 0.25) is 0 Å². The maximum atomic E-state index is 12.2. The fourth-order valence-corrected chi connectivity index (χ4v) is 3.89. The summed E-state index contributed by atoms with van der Waals surface area (Å²) in [4.78, 5) is 21.4. The van der Waals surface area contributed by atoms with E-state index in [0.29, 0.717) is 0 Å². The largest absolute Gasteiger partial charge is 0.462 e. The minimum Gasteiger partial charge on any atom is -0.462 e. The van der Waals surface area contributed by atoms with E-state index in [0.717, 1.165) is 64.2 Å². The zero-order chi connectivity index (χ0) is 17.0. The Kier molecular flexibility index (Phi) is 9.14. The van der Waals surface area contributed by atoms with Gasteiger partial charge in [0, 0.05) is 45.3 Å². The van der Waals surface area contributed by atoms with Crippen LogP contribution in [0.4, 0.5) is 5.82 Å². The monoisotopic (exact) mass is 403 g/mol. The van der Waals surface area contributed by atoms with Crippen molar-refractivity contribution in [1.82, 2.24) is 9.88 Å². The summed E-state index contributed by atoms with van der Waals surface area (Å²) in [6, 6.07) is 6.06. The van der Waals surface area contributed by atoms with E-state index in [1.807, 2.05) is 18.3 Å². The second-order valence-corrected chi connectivity index (χ2v) is 7.02. The summed E-state index contributed by atoms with van der Waals surface area (Å²) in [5.41, 5.74) is -0.220. The molecule has 0 radical (unpaired) electrons. The lowest BCUT2D eigenvalue weighted by molar-refractivity contribution is -0.149. The molecule has 7 heteroatoms. The first-order chi connectivity index (χ1) is 11.7. The lowest BCUT2D eigenvalue weighted by atomic mass is 9.79. The van der Waals surface area contributed by atoms with Gasteiger partial charge >= 0.3 is 5.97 Å². The van der Waals surface area contributed by atoms with Gasteiger partial charge in [-0.1, -0.05) is 19.9 Å². The third-order valence-corrected chi connectivity index (χ3v) is 5.79. The summed E-state index contributed by atoms with van der Waals surface area (Å²) in [5.74, 6) is 1.09. The number of carbonyl (C=O) groups excluding carboxylic acids is 1. The number of hydrogen-bond acceptors (Lipinski definition) is 5. The van der Waals surface area contributed by atoms with Gasteiger partial charge in [-0.2, -0.15) is 0 Å². The summed E-state index contributed by atoms with van der Waals surface area (Å²) in [7, 11) is 0. The molecule has 0 amide bonds. The molecule has 3 heterocycles. The number of nitrogens with zero attached hydrogens (tertiary/aromatic N) is 3. The van der Waals surface area contributed by atoms with Crippen LogP contribution in [0.25, 0.3) is 0 Å². The summed E-state index contributed by atoms with van der Waals surface area (Å²) >= 11 is 0. The average molecular weight is 404 g/mol. The van der Waals surface area contributed by atoms with Gasteiger partial charge in [-0.3, -0.25) is 9.69 Å². The molecule has 26 heavy (non-hydrogen) atoms. The number of rotatable bonds is 6. The van der Waals surface area contributed by atoms with Crippen molar-refractivity contribution >= 4 is 36.6 Å². The second kappa shape index (κ2) is 10.3. The van der Waals surface area contributed by atoms with Crippen molar-refractivity contribution in [3.8, 4) is 0 Å². The summed E-state index contributed by atoms with van der Waals surface area (Å²) < 4.78 is 5.65. The number of hydrogen-bond donors (Lipinski definition) is 0. The molecule has 5 nitrogen and oxygen atoms in total. The zero-order valence-corrected chi connectivity index (χ0v) is 17.4. The van der Waals surface area contributed by atoms with Crippen LogP contribution in [-0.4, -0.2) is 54.7 Å². The number of carbonyl (C=O) groups is 1. The molecule has 2 aliphatic rings. The highest BCUT2D eigenvalue weighted by Gasteiger charge is 2.46. The Morgan fingerprint density at radius 2 is 1.85 bits per heavy atom. The molecule has 0 N–H and O–H groups in total. The Bertz CT molecular complexity index is 547. The van der Waals surface area contributed by atoms with Gasteiger partial charge in [0.2, 0.25) is 0 Å². The van der Waals surface area contributed by atoms with E-state index in [4.69, 9.17) is 4.74 Å². The molecule has 3 rings (SSSR count). The lowest BCUT2D eigenvalue weighted by Crippen LogP contribution is -2.47. The van der Waals surface area contributed by atoms with Crippen LogP contribution < -0.4 is 4.90 Å². The van der Waals surface area contributed by atoms with Gasteiger partial charge in [0.25, 0.3) is 0 Å². The highest BCUT2D eigenvalue weighted by Crippen LogP contribution is 2.41. The van der Waals surface area contributed by atoms with Crippen LogP contribution in [0.5, 0.6) is 0 Å². The molecule has 0 bridgehead atoms. The average Bonchev–Trinajstić information content (AvgIpc) is 2.97. The number of aromatic nitrogens is 1. The molecule has 0 aromatic carbocycles. The van der Waals surface area contributed by atoms with Crippen molar-refractivity contribution < 1.29 is 9.53 Å². The SMILES string of the molecule is CCC1(CC)CC(CCN2CCN(c3ccccn3)CC2)OC1=O.Cl.Cl. The van der Waals surface area contributed by atoms with E-state index in [9.17, 15) is 4.79 Å². The predicted octanol–water partition coefficient (Wildman–Crippen LogP) is 3.56. The molecule has 0 spiro atoms. The van der Waals surface area contributed by atoms with Crippen molar-refractivity contribution in [3.63, 3.8) is 0 Å². The van der Waals surface area contributed by atoms with Gasteiger partial charge in [-0.05, 0) is 31.4 Å². The van der Waals surface area contributed by atoms with Crippen LogP contribution in [0.1, 0.15) is 39.5 Å². The first kappa shape index (κ1) is 23.0. The Morgan fingerprint density at radius 3 is 2.38 bits per heavy atom. The molecule has 2 fully saturated rings. The molecule has 0 aliphatic carbocycles. The first-order valence-electron chi connectivity index (χ1n) is 9.26. The first-order valence-corrected chi connectivity index (χ1v) is 9.26. The molecular weight excluding hydrogens is 373 g/mol. The van der Waals surface area contributed by atoms with E-state index in [2.05, 4.69) is 34.7 Å². The van der Waals surface area contributed by atoms with Crippen LogP contribution in [0.15, 0.2) is 24.4 Å². The maximum absolute atomic E-state index is 12.2. The highest BCUT2D eigenvalue weighted by atomic mass is 35.5. The van der Waals surface area contributed by atoms with E-state index in [-0.39, 0.29) is 42.3 Å². The molecule has 0 saturated carbocycles. The van der Waals surface area contributed by atoms with Crippen LogP contribution in [0.3, 0.4) is 0 Å². The maximum Gasteiger partial charge on any atom is 0.312 e. The molecule has 1 aromatic heterocycles. The molecule has 1 aromatic rings. The number of cyclic esters (lactones) is 1. The van der Waals surface area contributed by atoms with Gasteiger partial charge in [0.15, 0.2) is 0 Å². The standard InChI is InChI=1S/C19H29N3O2.2ClH/c1-3-19(4-2)15-16(24-18(19)23)8-10-21-11-13-22(14-12-21)17-7-5-6-9-20-17;;/h5-7,9,16H,3-4,8,10-15H2,1-2H3;2*1H. The highest BCUT2D eigenvalue weighted by molar-refractivity contribution is 5.85.